The maximum atomic E-state index is 12.6. The predicted octanol–water partition coefficient (Wildman–Crippen LogP) is 2.93. The highest BCUT2D eigenvalue weighted by molar-refractivity contribution is 7.89. The zero-order chi connectivity index (χ0) is 21.7. The largest absolute Gasteiger partial charge is 0.307 e. The topological polar surface area (TPSA) is 93.5 Å². The van der Waals surface area contributed by atoms with Gasteiger partial charge in [-0.2, -0.15) is 5.10 Å². The van der Waals surface area contributed by atoms with E-state index in [4.69, 9.17) is 4.84 Å². The highest BCUT2D eigenvalue weighted by atomic mass is 32.2. The fraction of sp³-hybridized carbons (Fsp3) is 0.238. The number of hydrogen-bond acceptors (Lipinski definition) is 5. The Morgan fingerprint density at radius 3 is 2.30 bits per heavy atom. The van der Waals surface area contributed by atoms with E-state index in [0.29, 0.717) is 17.9 Å². The summed E-state index contributed by atoms with van der Waals surface area (Å²) in [5.74, 6) is 0.192. The summed E-state index contributed by atoms with van der Waals surface area (Å²) in [4.78, 5) is 17.4. The molecule has 0 saturated heterocycles. The molecule has 0 atom stereocenters. The number of sulfonamides is 1. The summed E-state index contributed by atoms with van der Waals surface area (Å²) in [5, 5.41) is 7.10. The molecule has 1 N–H and O–H groups in total. The van der Waals surface area contributed by atoms with E-state index in [1.165, 1.54) is 44.0 Å². The molecule has 0 unspecified atom stereocenters. The van der Waals surface area contributed by atoms with Gasteiger partial charge in [0.05, 0.1) is 24.7 Å². The minimum atomic E-state index is -3.76. The van der Waals surface area contributed by atoms with E-state index in [1.54, 1.807) is 16.9 Å². The minimum Gasteiger partial charge on any atom is -0.307 e. The third kappa shape index (κ3) is 4.76. The summed E-state index contributed by atoms with van der Waals surface area (Å²) in [6.45, 7) is 2.63. The molecule has 3 aromatic rings. The maximum Gasteiger partial charge on any atom is 0.264 e. The summed E-state index contributed by atoms with van der Waals surface area (Å²) < 4.78 is 27.0. The van der Waals surface area contributed by atoms with Crippen LogP contribution in [0.2, 0.25) is 0 Å². The first-order valence-corrected chi connectivity index (χ1v) is 10.8. The number of nitrogens with one attached hydrogen (secondary N) is 1. The van der Waals surface area contributed by atoms with Crippen molar-refractivity contribution in [3.8, 4) is 0 Å². The summed E-state index contributed by atoms with van der Waals surface area (Å²) in [7, 11) is -1.20. The monoisotopic (exact) mass is 428 g/mol. The van der Waals surface area contributed by atoms with E-state index in [1.807, 2.05) is 12.1 Å². The van der Waals surface area contributed by atoms with Gasteiger partial charge in [0, 0.05) is 18.7 Å². The first kappa shape index (κ1) is 21.7. The Bertz CT molecular complexity index is 1110. The first-order chi connectivity index (χ1) is 14.3. The number of benzene rings is 2. The zero-order valence-electron chi connectivity index (χ0n) is 17.1. The second kappa shape index (κ2) is 9.21. The Morgan fingerprint density at radius 1 is 1.07 bits per heavy atom. The van der Waals surface area contributed by atoms with Gasteiger partial charge < -0.3 is 5.32 Å². The molecule has 9 heteroatoms. The van der Waals surface area contributed by atoms with Gasteiger partial charge >= 0.3 is 0 Å². The standard InChI is InChI=1S/C21H24N4O4S/c1-4-16-5-7-17(8-6-16)15-25-20(13-14-22-25)23-21(26)18-9-11-19(12-10-18)30(27,28)24(2)29-3/h5-14H,4,15H2,1-3H3,(H,23,26). The molecule has 0 spiro atoms. The third-order valence-electron chi connectivity index (χ3n) is 4.73. The molecule has 8 nitrogen and oxygen atoms in total. The lowest BCUT2D eigenvalue weighted by Crippen LogP contribution is -2.25. The number of rotatable bonds is 8. The Balaban J connectivity index is 1.72. The molecule has 0 saturated carbocycles. The van der Waals surface area contributed by atoms with E-state index >= 15 is 0 Å². The first-order valence-electron chi connectivity index (χ1n) is 9.39. The molecule has 0 bridgehead atoms. The molecular weight excluding hydrogens is 404 g/mol. The number of hydroxylamine groups is 1. The average Bonchev–Trinajstić information content (AvgIpc) is 3.20. The van der Waals surface area contributed by atoms with Gasteiger partial charge in [-0.15, -0.1) is 0 Å². The van der Waals surface area contributed by atoms with E-state index in [-0.39, 0.29) is 10.8 Å². The second-order valence-electron chi connectivity index (χ2n) is 6.62. The maximum absolute atomic E-state index is 12.6. The Kier molecular flexibility index (Phi) is 6.66. The molecule has 30 heavy (non-hydrogen) atoms. The van der Waals surface area contributed by atoms with E-state index in [9.17, 15) is 13.2 Å². The lowest BCUT2D eigenvalue weighted by molar-refractivity contribution is -0.0258. The third-order valence-corrected chi connectivity index (χ3v) is 6.43. The molecule has 3 rings (SSSR count). The smallest absolute Gasteiger partial charge is 0.264 e. The highest BCUT2D eigenvalue weighted by Gasteiger charge is 2.21. The molecule has 1 aromatic heterocycles. The van der Waals surface area contributed by atoms with Crippen LogP contribution in [0.1, 0.15) is 28.4 Å². The number of carbonyl (C=O) groups excluding carboxylic acids is 1. The van der Waals surface area contributed by atoms with Crippen molar-refractivity contribution in [2.24, 2.45) is 0 Å². The Morgan fingerprint density at radius 2 is 1.70 bits per heavy atom. The van der Waals surface area contributed by atoms with Crippen molar-refractivity contribution in [2.75, 3.05) is 19.5 Å². The molecule has 1 amide bonds. The number of nitrogens with zero attached hydrogens (tertiary/aromatic N) is 3. The number of aromatic nitrogens is 2. The van der Waals surface area contributed by atoms with E-state index < -0.39 is 10.0 Å². The van der Waals surface area contributed by atoms with Crippen molar-refractivity contribution >= 4 is 21.7 Å². The summed E-state index contributed by atoms with van der Waals surface area (Å²) in [6.07, 6.45) is 2.59. The Hall–Kier alpha value is -3.01. The van der Waals surface area contributed by atoms with Crippen LogP contribution in [0.4, 0.5) is 5.82 Å². The number of amides is 1. The number of carbonyl (C=O) groups is 1. The van der Waals surface area contributed by atoms with Crippen LogP contribution in [0, 0.1) is 0 Å². The van der Waals surface area contributed by atoms with Crippen LogP contribution < -0.4 is 5.32 Å². The average molecular weight is 429 g/mol. The molecule has 158 valence electrons. The quantitative estimate of drug-likeness (QED) is 0.557. The van der Waals surface area contributed by atoms with Crippen LogP contribution in [-0.2, 0) is 27.8 Å². The summed E-state index contributed by atoms with van der Waals surface area (Å²) in [6, 6.07) is 15.6. The molecule has 0 radical (unpaired) electrons. The van der Waals surface area contributed by atoms with Crippen molar-refractivity contribution in [1.82, 2.24) is 14.2 Å². The van der Waals surface area contributed by atoms with Crippen molar-refractivity contribution in [1.29, 1.82) is 0 Å². The highest BCUT2D eigenvalue weighted by Crippen LogP contribution is 2.17. The summed E-state index contributed by atoms with van der Waals surface area (Å²) >= 11 is 0. The van der Waals surface area contributed by atoms with Gasteiger partial charge in [0.1, 0.15) is 5.82 Å². The normalized spacial score (nSPS) is 11.6. The molecule has 0 aliphatic carbocycles. The molecule has 0 aliphatic rings. The van der Waals surface area contributed by atoms with Crippen LogP contribution in [-0.4, -0.2) is 42.7 Å². The van der Waals surface area contributed by atoms with Gasteiger partial charge in [-0.05, 0) is 41.8 Å². The molecular formula is C21H24N4O4S. The predicted molar refractivity (Wildman–Crippen MR) is 114 cm³/mol. The Labute approximate surface area is 176 Å². The van der Waals surface area contributed by atoms with Crippen molar-refractivity contribution < 1.29 is 18.0 Å². The van der Waals surface area contributed by atoms with E-state index in [2.05, 4.69) is 29.5 Å². The van der Waals surface area contributed by atoms with Gasteiger partial charge in [-0.3, -0.25) is 9.63 Å². The molecule has 1 heterocycles. The molecule has 0 fully saturated rings. The lowest BCUT2D eigenvalue weighted by atomic mass is 10.1. The van der Waals surface area contributed by atoms with Crippen molar-refractivity contribution in [3.05, 3.63) is 77.5 Å². The fourth-order valence-corrected chi connectivity index (χ4v) is 3.80. The lowest BCUT2D eigenvalue weighted by Gasteiger charge is -2.14. The second-order valence-corrected chi connectivity index (χ2v) is 8.56. The van der Waals surface area contributed by atoms with Crippen molar-refractivity contribution in [3.63, 3.8) is 0 Å². The molecule has 2 aromatic carbocycles. The van der Waals surface area contributed by atoms with Gasteiger partial charge in [0.2, 0.25) is 0 Å². The SMILES string of the molecule is CCc1ccc(Cn2nccc2NC(=O)c2ccc(S(=O)(=O)N(C)OC)cc2)cc1. The van der Waals surface area contributed by atoms with Crippen molar-refractivity contribution in [2.45, 2.75) is 24.8 Å². The van der Waals surface area contributed by atoms with Gasteiger partial charge in [0.15, 0.2) is 0 Å². The van der Waals surface area contributed by atoms with Crippen LogP contribution in [0.5, 0.6) is 0 Å². The number of anilines is 1. The zero-order valence-corrected chi connectivity index (χ0v) is 17.9. The van der Waals surface area contributed by atoms with Gasteiger partial charge in [0.25, 0.3) is 15.9 Å². The number of aryl methyl sites for hydroxylation is 1. The van der Waals surface area contributed by atoms with E-state index in [0.717, 1.165) is 16.5 Å². The van der Waals surface area contributed by atoms with Crippen LogP contribution in [0.25, 0.3) is 0 Å². The molecule has 0 aliphatic heterocycles. The fourth-order valence-electron chi connectivity index (χ4n) is 2.83. The number of hydrogen-bond donors (Lipinski definition) is 1. The van der Waals surface area contributed by atoms with Gasteiger partial charge in [-0.1, -0.05) is 35.7 Å². The van der Waals surface area contributed by atoms with Gasteiger partial charge in [-0.25, -0.2) is 13.1 Å². The van der Waals surface area contributed by atoms with Crippen LogP contribution >= 0.6 is 0 Å². The van der Waals surface area contributed by atoms with Crippen LogP contribution in [0.3, 0.4) is 0 Å². The summed E-state index contributed by atoms with van der Waals surface area (Å²) in [5.41, 5.74) is 2.66. The van der Waals surface area contributed by atoms with Crippen LogP contribution in [0.15, 0.2) is 65.7 Å². The minimum absolute atomic E-state index is 0.0315.